The molecule has 29 heavy (non-hydrogen) atoms. The molecule has 5 nitrogen and oxygen atoms in total. The molecule has 0 radical (unpaired) electrons. The minimum atomic E-state index is -0.0299. The van der Waals surface area contributed by atoms with Crippen LogP contribution in [-0.4, -0.2) is 36.1 Å². The van der Waals surface area contributed by atoms with Gasteiger partial charge in [0.25, 0.3) is 5.91 Å². The predicted octanol–water partition coefficient (Wildman–Crippen LogP) is 4.97. The Morgan fingerprint density at radius 1 is 1.21 bits per heavy atom. The normalized spacial score (nSPS) is 10.7. The van der Waals surface area contributed by atoms with Crippen molar-refractivity contribution in [3.05, 3.63) is 80.8 Å². The van der Waals surface area contributed by atoms with Gasteiger partial charge in [0.05, 0.1) is 18.8 Å². The molecule has 3 rings (SSSR count). The first-order valence-corrected chi connectivity index (χ1v) is 10.5. The molecular formula is C22H23ClN2O3S. The Labute approximate surface area is 179 Å². The molecule has 0 atom stereocenters. The second-order valence-electron chi connectivity index (χ2n) is 6.56. The number of benzene rings is 2. The van der Waals surface area contributed by atoms with Crippen LogP contribution < -0.4 is 4.74 Å². The fourth-order valence-electron chi connectivity index (χ4n) is 2.77. The molecule has 0 aliphatic heterocycles. The molecule has 3 aromatic rings. The van der Waals surface area contributed by atoms with Gasteiger partial charge in [-0.15, -0.1) is 11.3 Å². The van der Waals surface area contributed by atoms with Crippen molar-refractivity contribution in [2.45, 2.75) is 20.1 Å². The van der Waals surface area contributed by atoms with Gasteiger partial charge in [-0.3, -0.25) is 4.79 Å². The minimum absolute atomic E-state index is 0.0299. The number of rotatable bonds is 9. The molecule has 0 N–H and O–H groups in total. The van der Waals surface area contributed by atoms with Crippen LogP contribution in [0.5, 0.6) is 5.75 Å². The van der Waals surface area contributed by atoms with Crippen molar-refractivity contribution in [1.82, 2.24) is 9.88 Å². The molecular weight excluding hydrogens is 408 g/mol. The van der Waals surface area contributed by atoms with E-state index in [9.17, 15) is 4.79 Å². The van der Waals surface area contributed by atoms with Crippen molar-refractivity contribution in [3.63, 3.8) is 0 Å². The second-order valence-corrected chi connectivity index (χ2v) is 7.94. The summed E-state index contributed by atoms with van der Waals surface area (Å²) >= 11 is 7.40. The van der Waals surface area contributed by atoms with E-state index in [2.05, 4.69) is 4.98 Å². The van der Waals surface area contributed by atoms with Crippen LogP contribution in [0.2, 0.25) is 5.02 Å². The number of amides is 1. The molecule has 0 aliphatic carbocycles. The van der Waals surface area contributed by atoms with Gasteiger partial charge in [0.2, 0.25) is 0 Å². The van der Waals surface area contributed by atoms with Gasteiger partial charge < -0.3 is 14.4 Å². The van der Waals surface area contributed by atoms with Gasteiger partial charge in [0, 0.05) is 29.6 Å². The van der Waals surface area contributed by atoms with Gasteiger partial charge in [0.1, 0.15) is 17.4 Å². The smallest absolute Gasteiger partial charge is 0.254 e. The number of ether oxygens (including phenoxy) is 2. The Morgan fingerprint density at radius 3 is 2.72 bits per heavy atom. The van der Waals surface area contributed by atoms with Gasteiger partial charge >= 0.3 is 0 Å². The number of carbonyl (C=O) groups excluding carboxylic acids is 1. The molecule has 0 unspecified atom stereocenters. The molecule has 1 aromatic heterocycles. The van der Waals surface area contributed by atoms with Gasteiger partial charge in [-0.25, -0.2) is 4.98 Å². The standard InChI is InChI=1S/C22H23ClN2O3S/c1-16-4-3-5-17(12-16)22(26)25(10-11-27-2)13-19-15-29-21(24-19)14-28-20-8-6-18(23)7-9-20/h3-9,12,15H,10-11,13-14H2,1-2H3. The third kappa shape index (κ3) is 6.29. The number of nitrogens with zero attached hydrogens (tertiary/aromatic N) is 2. The lowest BCUT2D eigenvalue weighted by molar-refractivity contribution is 0.0678. The number of hydrogen-bond donors (Lipinski definition) is 0. The van der Waals surface area contributed by atoms with Crippen molar-refractivity contribution in [1.29, 1.82) is 0 Å². The Kier molecular flexibility index (Phi) is 7.63. The Balaban J connectivity index is 1.65. The highest BCUT2D eigenvalue weighted by Gasteiger charge is 2.17. The quantitative estimate of drug-likeness (QED) is 0.480. The van der Waals surface area contributed by atoms with E-state index >= 15 is 0 Å². The van der Waals surface area contributed by atoms with E-state index in [-0.39, 0.29) is 5.91 Å². The Morgan fingerprint density at radius 2 is 2.00 bits per heavy atom. The van der Waals surface area contributed by atoms with Crippen LogP contribution >= 0.6 is 22.9 Å². The SMILES string of the molecule is COCCN(Cc1csc(COc2ccc(Cl)cc2)n1)C(=O)c1cccc(C)c1. The van der Waals surface area contributed by atoms with Crippen LogP contribution in [0.3, 0.4) is 0 Å². The van der Waals surface area contributed by atoms with Crippen molar-refractivity contribution >= 4 is 28.8 Å². The Bertz CT molecular complexity index is 943. The summed E-state index contributed by atoms with van der Waals surface area (Å²) in [5.41, 5.74) is 2.56. The summed E-state index contributed by atoms with van der Waals surface area (Å²) in [4.78, 5) is 19.3. The van der Waals surface area contributed by atoms with Crippen LogP contribution in [0.4, 0.5) is 0 Å². The van der Waals surface area contributed by atoms with Crippen LogP contribution in [-0.2, 0) is 17.9 Å². The van der Waals surface area contributed by atoms with E-state index in [1.807, 2.05) is 48.7 Å². The number of aromatic nitrogens is 1. The lowest BCUT2D eigenvalue weighted by atomic mass is 10.1. The van der Waals surface area contributed by atoms with Crippen LogP contribution in [0.25, 0.3) is 0 Å². The fraction of sp³-hybridized carbons (Fsp3) is 0.273. The van der Waals surface area contributed by atoms with Crippen molar-refractivity contribution < 1.29 is 14.3 Å². The molecule has 0 spiro atoms. The zero-order valence-corrected chi connectivity index (χ0v) is 18.0. The molecule has 7 heteroatoms. The largest absolute Gasteiger partial charge is 0.486 e. The average Bonchev–Trinajstić information content (AvgIpc) is 3.17. The minimum Gasteiger partial charge on any atom is -0.486 e. The molecule has 0 saturated heterocycles. The Hall–Kier alpha value is -2.41. The van der Waals surface area contributed by atoms with E-state index < -0.39 is 0 Å². The van der Waals surface area contributed by atoms with E-state index in [1.54, 1.807) is 24.1 Å². The summed E-state index contributed by atoms with van der Waals surface area (Å²) in [5.74, 6) is 0.709. The highest BCUT2D eigenvalue weighted by molar-refractivity contribution is 7.09. The van der Waals surface area contributed by atoms with Gasteiger partial charge in [-0.05, 0) is 43.3 Å². The first-order chi connectivity index (χ1) is 14.0. The van der Waals surface area contributed by atoms with E-state index in [0.717, 1.165) is 22.0 Å². The number of aryl methyl sites for hydroxylation is 1. The molecule has 152 valence electrons. The molecule has 1 amide bonds. The number of halogens is 1. The van der Waals surface area contributed by atoms with E-state index in [1.165, 1.54) is 11.3 Å². The zero-order valence-electron chi connectivity index (χ0n) is 16.4. The number of methoxy groups -OCH3 is 1. The monoisotopic (exact) mass is 430 g/mol. The van der Waals surface area contributed by atoms with Crippen LogP contribution in [0, 0.1) is 6.92 Å². The zero-order chi connectivity index (χ0) is 20.6. The predicted molar refractivity (Wildman–Crippen MR) is 116 cm³/mol. The molecule has 1 heterocycles. The van der Waals surface area contributed by atoms with Crippen molar-refractivity contribution in [2.75, 3.05) is 20.3 Å². The molecule has 0 fully saturated rings. The van der Waals surface area contributed by atoms with Gasteiger partial charge in [0.15, 0.2) is 0 Å². The highest BCUT2D eigenvalue weighted by atomic mass is 35.5. The summed E-state index contributed by atoms with van der Waals surface area (Å²) in [5, 5.41) is 3.48. The van der Waals surface area contributed by atoms with Gasteiger partial charge in [-0.1, -0.05) is 29.3 Å². The first-order valence-electron chi connectivity index (χ1n) is 9.21. The summed E-state index contributed by atoms with van der Waals surface area (Å²) < 4.78 is 10.9. The summed E-state index contributed by atoms with van der Waals surface area (Å²) in [7, 11) is 1.63. The maximum absolute atomic E-state index is 13.0. The summed E-state index contributed by atoms with van der Waals surface area (Å²) in [6, 6.07) is 14.8. The first kappa shape index (κ1) is 21.3. The summed E-state index contributed by atoms with van der Waals surface area (Å²) in [6.07, 6.45) is 0. The fourth-order valence-corrected chi connectivity index (χ4v) is 3.60. The third-order valence-corrected chi connectivity index (χ3v) is 5.37. The molecule has 0 bridgehead atoms. The highest BCUT2D eigenvalue weighted by Crippen LogP contribution is 2.19. The maximum Gasteiger partial charge on any atom is 0.254 e. The topological polar surface area (TPSA) is 51.7 Å². The van der Waals surface area contributed by atoms with Crippen molar-refractivity contribution in [2.24, 2.45) is 0 Å². The second kappa shape index (κ2) is 10.4. The number of thiazole rings is 1. The van der Waals surface area contributed by atoms with Crippen LogP contribution in [0.15, 0.2) is 53.9 Å². The van der Waals surface area contributed by atoms with Crippen molar-refractivity contribution in [3.8, 4) is 5.75 Å². The summed E-state index contributed by atoms with van der Waals surface area (Å²) in [6.45, 7) is 3.74. The number of hydrogen-bond acceptors (Lipinski definition) is 5. The lowest BCUT2D eigenvalue weighted by Gasteiger charge is -2.21. The van der Waals surface area contributed by atoms with E-state index in [4.69, 9.17) is 21.1 Å². The molecule has 0 aliphatic rings. The average molecular weight is 431 g/mol. The van der Waals surface area contributed by atoms with Crippen LogP contribution in [0.1, 0.15) is 26.6 Å². The number of carbonyl (C=O) groups is 1. The third-order valence-electron chi connectivity index (χ3n) is 4.25. The van der Waals surface area contributed by atoms with Gasteiger partial charge in [-0.2, -0.15) is 0 Å². The lowest BCUT2D eigenvalue weighted by Crippen LogP contribution is -2.33. The molecule has 0 saturated carbocycles. The maximum atomic E-state index is 13.0. The molecule has 2 aromatic carbocycles. The van der Waals surface area contributed by atoms with E-state index in [0.29, 0.717) is 36.9 Å².